The number of nitrogens with zero attached hydrogens (tertiary/aromatic N) is 3. The standard InChI is InChI=1S/C20H23N3O2/c24-20(16-5-2-1-3-6-16)23-10-4-7-18(23)17-8-9-19(21-15-17)22-11-13-25-14-12-22/h1-3,5-6,8-9,15,18H,4,7,10-14H2. The van der Waals surface area contributed by atoms with E-state index < -0.39 is 0 Å². The second kappa shape index (κ2) is 7.23. The molecule has 5 nitrogen and oxygen atoms in total. The lowest BCUT2D eigenvalue weighted by molar-refractivity contribution is 0.0735. The average molecular weight is 337 g/mol. The lowest BCUT2D eigenvalue weighted by atomic mass is 10.1. The maximum absolute atomic E-state index is 12.8. The van der Waals surface area contributed by atoms with E-state index in [1.807, 2.05) is 41.4 Å². The lowest BCUT2D eigenvalue weighted by Crippen LogP contribution is -2.36. The molecule has 4 rings (SSSR count). The summed E-state index contributed by atoms with van der Waals surface area (Å²) < 4.78 is 5.40. The van der Waals surface area contributed by atoms with Crippen molar-refractivity contribution in [2.75, 3.05) is 37.7 Å². The van der Waals surface area contributed by atoms with E-state index in [-0.39, 0.29) is 11.9 Å². The van der Waals surface area contributed by atoms with Crippen LogP contribution >= 0.6 is 0 Å². The van der Waals surface area contributed by atoms with Gasteiger partial charge in [-0.15, -0.1) is 0 Å². The molecule has 130 valence electrons. The van der Waals surface area contributed by atoms with Crippen LogP contribution in [0.15, 0.2) is 48.7 Å². The number of morpholine rings is 1. The summed E-state index contributed by atoms with van der Waals surface area (Å²) in [6.45, 7) is 4.09. The fraction of sp³-hybridized carbons (Fsp3) is 0.400. The summed E-state index contributed by atoms with van der Waals surface area (Å²) in [7, 11) is 0. The largest absolute Gasteiger partial charge is 0.378 e. The third kappa shape index (κ3) is 3.37. The van der Waals surface area contributed by atoms with Gasteiger partial charge in [-0.1, -0.05) is 24.3 Å². The molecule has 0 bridgehead atoms. The molecule has 2 fully saturated rings. The molecule has 5 heteroatoms. The normalized spacial score (nSPS) is 20.7. The number of anilines is 1. The van der Waals surface area contributed by atoms with E-state index in [0.717, 1.165) is 62.6 Å². The number of hydrogen-bond acceptors (Lipinski definition) is 4. The Morgan fingerprint density at radius 3 is 2.56 bits per heavy atom. The molecule has 1 unspecified atom stereocenters. The van der Waals surface area contributed by atoms with Gasteiger partial charge >= 0.3 is 0 Å². The molecule has 0 saturated carbocycles. The smallest absolute Gasteiger partial charge is 0.254 e. The lowest BCUT2D eigenvalue weighted by Gasteiger charge is -2.29. The fourth-order valence-corrected chi connectivity index (χ4v) is 3.68. The highest BCUT2D eigenvalue weighted by Crippen LogP contribution is 2.33. The number of likely N-dealkylation sites (tertiary alicyclic amines) is 1. The Bertz CT molecular complexity index is 711. The maximum atomic E-state index is 12.8. The molecular formula is C20H23N3O2. The summed E-state index contributed by atoms with van der Waals surface area (Å²) in [4.78, 5) is 21.7. The monoisotopic (exact) mass is 337 g/mol. The van der Waals surface area contributed by atoms with Crippen LogP contribution < -0.4 is 4.90 Å². The van der Waals surface area contributed by atoms with Gasteiger partial charge in [0.2, 0.25) is 0 Å². The summed E-state index contributed by atoms with van der Waals surface area (Å²) in [6, 6.07) is 13.9. The summed E-state index contributed by atoms with van der Waals surface area (Å²) in [5.74, 6) is 1.10. The van der Waals surface area contributed by atoms with Crippen LogP contribution in [0.1, 0.15) is 34.8 Å². The Balaban J connectivity index is 1.51. The fourth-order valence-electron chi connectivity index (χ4n) is 3.68. The number of carbonyl (C=O) groups excluding carboxylic acids is 1. The third-order valence-corrected chi connectivity index (χ3v) is 5.03. The van der Waals surface area contributed by atoms with Crippen molar-refractivity contribution < 1.29 is 9.53 Å². The molecule has 2 saturated heterocycles. The van der Waals surface area contributed by atoms with Crippen molar-refractivity contribution >= 4 is 11.7 Å². The number of rotatable bonds is 3. The van der Waals surface area contributed by atoms with E-state index in [1.54, 1.807) is 0 Å². The molecule has 2 aromatic rings. The first-order valence-electron chi connectivity index (χ1n) is 8.97. The number of hydrogen-bond donors (Lipinski definition) is 0. The van der Waals surface area contributed by atoms with Gasteiger partial charge in [0, 0.05) is 31.4 Å². The Hall–Kier alpha value is -2.40. The zero-order valence-corrected chi connectivity index (χ0v) is 14.3. The Morgan fingerprint density at radius 2 is 1.84 bits per heavy atom. The van der Waals surface area contributed by atoms with Crippen LogP contribution in [-0.4, -0.2) is 48.6 Å². The zero-order chi connectivity index (χ0) is 17.1. The van der Waals surface area contributed by atoms with E-state index in [0.29, 0.717) is 0 Å². The van der Waals surface area contributed by atoms with Gasteiger partial charge in [-0.05, 0) is 36.6 Å². The quantitative estimate of drug-likeness (QED) is 0.864. The van der Waals surface area contributed by atoms with Crippen molar-refractivity contribution in [3.8, 4) is 0 Å². The molecule has 1 aromatic heterocycles. The first kappa shape index (κ1) is 16.1. The summed E-state index contributed by atoms with van der Waals surface area (Å²) in [6.07, 6.45) is 3.97. The summed E-state index contributed by atoms with van der Waals surface area (Å²) in [5.41, 5.74) is 1.88. The predicted molar refractivity (Wildman–Crippen MR) is 96.7 cm³/mol. The van der Waals surface area contributed by atoms with Crippen LogP contribution in [0.4, 0.5) is 5.82 Å². The van der Waals surface area contributed by atoms with Crippen LogP contribution in [0.25, 0.3) is 0 Å². The second-order valence-corrected chi connectivity index (χ2v) is 6.57. The topological polar surface area (TPSA) is 45.7 Å². The highest BCUT2D eigenvalue weighted by molar-refractivity contribution is 5.94. The molecule has 2 aliphatic heterocycles. The molecular weight excluding hydrogens is 314 g/mol. The van der Waals surface area contributed by atoms with Crippen molar-refractivity contribution in [3.63, 3.8) is 0 Å². The van der Waals surface area contributed by atoms with E-state index in [4.69, 9.17) is 4.74 Å². The van der Waals surface area contributed by atoms with Crippen LogP contribution in [0.2, 0.25) is 0 Å². The minimum atomic E-state index is 0.111. The van der Waals surface area contributed by atoms with E-state index in [9.17, 15) is 4.79 Å². The molecule has 0 radical (unpaired) electrons. The van der Waals surface area contributed by atoms with Crippen LogP contribution in [-0.2, 0) is 4.74 Å². The second-order valence-electron chi connectivity index (χ2n) is 6.57. The minimum Gasteiger partial charge on any atom is -0.378 e. The SMILES string of the molecule is O=C(c1ccccc1)N1CCCC1c1ccc(N2CCOCC2)nc1. The molecule has 1 atom stereocenters. The molecule has 0 aliphatic carbocycles. The Morgan fingerprint density at radius 1 is 1.04 bits per heavy atom. The van der Waals surface area contributed by atoms with Gasteiger partial charge in [-0.25, -0.2) is 4.98 Å². The third-order valence-electron chi connectivity index (χ3n) is 5.03. The average Bonchev–Trinajstić information content (AvgIpc) is 3.19. The van der Waals surface area contributed by atoms with Crippen LogP contribution in [0.5, 0.6) is 0 Å². The maximum Gasteiger partial charge on any atom is 0.254 e. The number of benzene rings is 1. The first-order chi connectivity index (χ1) is 12.3. The number of carbonyl (C=O) groups is 1. The van der Waals surface area contributed by atoms with Gasteiger partial charge in [0.15, 0.2) is 0 Å². The molecule has 0 N–H and O–H groups in total. The van der Waals surface area contributed by atoms with Gasteiger partial charge in [0.25, 0.3) is 5.91 Å². The minimum absolute atomic E-state index is 0.111. The van der Waals surface area contributed by atoms with E-state index in [2.05, 4.69) is 22.0 Å². The predicted octanol–water partition coefficient (Wildman–Crippen LogP) is 2.90. The first-order valence-corrected chi connectivity index (χ1v) is 8.97. The zero-order valence-electron chi connectivity index (χ0n) is 14.3. The van der Waals surface area contributed by atoms with Crippen molar-refractivity contribution in [3.05, 3.63) is 59.8 Å². The molecule has 0 spiro atoms. The number of aromatic nitrogens is 1. The van der Waals surface area contributed by atoms with Crippen molar-refractivity contribution in [2.45, 2.75) is 18.9 Å². The Labute approximate surface area is 148 Å². The highest BCUT2D eigenvalue weighted by atomic mass is 16.5. The van der Waals surface area contributed by atoms with Gasteiger partial charge in [-0.2, -0.15) is 0 Å². The number of pyridine rings is 1. The molecule has 1 amide bonds. The number of ether oxygens (including phenoxy) is 1. The van der Waals surface area contributed by atoms with Gasteiger partial charge in [0.05, 0.1) is 19.3 Å². The molecule has 3 heterocycles. The van der Waals surface area contributed by atoms with Crippen LogP contribution in [0.3, 0.4) is 0 Å². The molecule has 2 aliphatic rings. The highest BCUT2D eigenvalue weighted by Gasteiger charge is 2.30. The van der Waals surface area contributed by atoms with Crippen molar-refractivity contribution in [2.24, 2.45) is 0 Å². The number of amides is 1. The summed E-state index contributed by atoms with van der Waals surface area (Å²) in [5, 5.41) is 0. The molecule has 25 heavy (non-hydrogen) atoms. The van der Waals surface area contributed by atoms with Crippen LogP contribution in [0, 0.1) is 0 Å². The summed E-state index contributed by atoms with van der Waals surface area (Å²) >= 11 is 0. The van der Waals surface area contributed by atoms with E-state index >= 15 is 0 Å². The van der Waals surface area contributed by atoms with Crippen molar-refractivity contribution in [1.29, 1.82) is 0 Å². The van der Waals surface area contributed by atoms with E-state index in [1.165, 1.54) is 0 Å². The van der Waals surface area contributed by atoms with Gasteiger partial charge < -0.3 is 14.5 Å². The van der Waals surface area contributed by atoms with Gasteiger partial charge in [-0.3, -0.25) is 4.79 Å². The molecule has 1 aromatic carbocycles. The Kier molecular flexibility index (Phi) is 4.65. The van der Waals surface area contributed by atoms with Gasteiger partial charge in [0.1, 0.15) is 5.82 Å². The van der Waals surface area contributed by atoms with Crippen molar-refractivity contribution in [1.82, 2.24) is 9.88 Å².